The minimum absolute atomic E-state index is 0.170. The van der Waals surface area contributed by atoms with E-state index in [1.165, 1.54) is 7.11 Å². The quantitative estimate of drug-likeness (QED) is 0.723. The highest BCUT2D eigenvalue weighted by Gasteiger charge is 2.47. The average Bonchev–Trinajstić information content (AvgIpc) is 2.55. The largest absolute Gasteiger partial charge is 0.497 e. The Morgan fingerprint density at radius 1 is 1.39 bits per heavy atom. The summed E-state index contributed by atoms with van der Waals surface area (Å²) in [5.74, 6) is 0.388. The lowest BCUT2D eigenvalue weighted by atomic mass is 9.65. The van der Waals surface area contributed by atoms with Crippen molar-refractivity contribution < 1.29 is 19.1 Å². The highest BCUT2D eigenvalue weighted by atomic mass is 79.9. The third-order valence-corrected chi connectivity index (χ3v) is 5.66. The number of ether oxygens (including phenoxy) is 2. The monoisotopic (exact) mass is 382 g/mol. The molecule has 0 spiro atoms. The first-order valence-corrected chi connectivity index (χ1v) is 8.65. The number of halogens is 1. The molecule has 0 radical (unpaired) electrons. The lowest BCUT2D eigenvalue weighted by molar-refractivity contribution is -0.161. The molecule has 2 rings (SSSR count). The number of rotatable bonds is 5. The van der Waals surface area contributed by atoms with Crippen LogP contribution in [-0.4, -0.2) is 26.0 Å². The van der Waals surface area contributed by atoms with E-state index in [9.17, 15) is 9.59 Å². The molecule has 1 aliphatic rings. The first-order valence-electron chi connectivity index (χ1n) is 7.86. The molecule has 0 bridgehead atoms. The summed E-state index contributed by atoms with van der Waals surface area (Å²) in [5.41, 5.74) is 0.366. The number of benzene rings is 1. The Bertz CT molecular complexity index is 599. The molecule has 126 valence electrons. The Morgan fingerprint density at radius 3 is 2.78 bits per heavy atom. The number of carbonyl (C=O) groups is 2. The fourth-order valence-corrected chi connectivity index (χ4v) is 3.91. The van der Waals surface area contributed by atoms with Crippen LogP contribution in [0.15, 0.2) is 22.7 Å². The van der Waals surface area contributed by atoms with Crippen molar-refractivity contribution in [3.8, 4) is 5.75 Å². The summed E-state index contributed by atoms with van der Waals surface area (Å²) in [5, 5.41) is 0. The molecule has 2 atom stereocenters. The molecular formula is C18H23BrO4. The van der Waals surface area contributed by atoms with Gasteiger partial charge >= 0.3 is 5.97 Å². The summed E-state index contributed by atoms with van der Waals surface area (Å²) >= 11 is 3.54. The van der Waals surface area contributed by atoms with Crippen molar-refractivity contribution in [2.24, 2.45) is 11.3 Å². The lowest BCUT2D eigenvalue weighted by Crippen LogP contribution is -2.44. The van der Waals surface area contributed by atoms with Gasteiger partial charge in [0.15, 0.2) is 0 Å². The Kier molecular flexibility index (Phi) is 5.84. The van der Waals surface area contributed by atoms with Gasteiger partial charge in [-0.25, -0.2) is 0 Å². The zero-order valence-corrected chi connectivity index (χ0v) is 15.4. The number of ketones is 1. The minimum atomic E-state index is -0.713. The Labute approximate surface area is 145 Å². The molecular weight excluding hydrogens is 360 g/mol. The van der Waals surface area contributed by atoms with Gasteiger partial charge in [-0.3, -0.25) is 9.59 Å². The number of hydrogen-bond acceptors (Lipinski definition) is 4. The topological polar surface area (TPSA) is 52.6 Å². The Balaban J connectivity index is 2.19. The van der Waals surface area contributed by atoms with E-state index >= 15 is 0 Å². The summed E-state index contributed by atoms with van der Waals surface area (Å²) in [6.07, 6.45) is 3.35. The molecule has 1 saturated carbocycles. The zero-order chi connectivity index (χ0) is 17.0. The highest BCUT2D eigenvalue weighted by molar-refractivity contribution is 9.10. The molecule has 0 amide bonds. The summed E-state index contributed by atoms with van der Waals surface area (Å²) in [6.45, 7) is 1.86. The number of hydrogen-bond donors (Lipinski definition) is 0. The van der Waals surface area contributed by atoms with Gasteiger partial charge in [0.2, 0.25) is 0 Å². The van der Waals surface area contributed by atoms with E-state index in [-0.39, 0.29) is 17.7 Å². The van der Waals surface area contributed by atoms with Gasteiger partial charge in [0.25, 0.3) is 0 Å². The molecule has 0 saturated heterocycles. The summed E-state index contributed by atoms with van der Waals surface area (Å²) in [6, 6.07) is 5.79. The maximum absolute atomic E-state index is 12.4. The molecule has 0 heterocycles. The van der Waals surface area contributed by atoms with Gasteiger partial charge in [-0.05, 0) is 56.4 Å². The first-order chi connectivity index (χ1) is 10.9. The highest BCUT2D eigenvalue weighted by Crippen LogP contribution is 2.42. The van der Waals surface area contributed by atoms with Crippen molar-refractivity contribution in [1.82, 2.24) is 0 Å². The molecule has 1 aliphatic carbocycles. The number of esters is 1. The van der Waals surface area contributed by atoms with Crippen molar-refractivity contribution in [2.45, 2.75) is 39.0 Å². The molecule has 4 nitrogen and oxygen atoms in total. The second-order valence-electron chi connectivity index (χ2n) is 6.28. The van der Waals surface area contributed by atoms with Crippen LogP contribution in [0.5, 0.6) is 5.75 Å². The van der Waals surface area contributed by atoms with Gasteiger partial charge < -0.3 is 9.47 Å². The van der Waals surface area contributed by atoms with Crippen molar-refractivity contribution in [2.75, 3.05) is 14.2 Å². The van der Waals surface area contributed by atoms with Gasteiger partial charge in [0.05, 0.1) is 19.6 Å². The predicted molar refractivity (Wildman–Crippen MR) is 91.5 cm³/mol. The van der Waals surface area contributed by atoms with Crippen molar-refractivity contribution in [3.63, 3.8) is 0 Å². The van der Waals surface area contributed by atoms with E-state index in [4.69, 9.17) is 9.47 Å². The predicted octanol–water partition coefficient (Wildman–Crippen LogP) is 3.94. The van der Waals surface area contributed by atoms with Crippen molar-refractivity contribution in [3.05, 3.63) is 28.2 Å². The standard InChI is InChI=1S/C18H23BrO4/c1-18(17(21)23-3)10-4-5-16(20)14(18)8-6-12-11-13(22-2)7-9-15(12)19/h7,9,11,14H,4-6,8,10H2,1-3H3/t14-,18-/m1/s1. The number of Topliss-reactive ketones (excluding diaryl/α,β-unsaturated/α-hetero) is 1. The summed E-state index contributed by atoms with van der Waals surface area (Å²) in [4.78, 5) is 24.6. The molecule has 1 aromatic carbocycles. The van der Waals surface area contributed by atoms with E-state index in [0.717, 1.165) is 22.2 Å². The van der Waals surface area contributed by atoms with Crippen LogP contribution >= 0.6 is 15.9 Å². The van der Waals surface area contributed by atoms with Crippen LogP contribution in [0.25, 0.3) is 0 Å². The van der Waals surface area contributed by atoms with Crippen LogP contribution in [0.1, 0.15) is 38.2 Å². The average molecular weight is 383 g/mol. The second kappa shape index (κ2) is 7.47. The van der Waals surface area contributed by atoms with Gasteiger partial charge in [-0.15, -0.1) is 0 Å². The van der Waals surface area contributed by atoms with Crippen LogP contribution in [0.2, 0.25) is 0 Å². The number of methoxy groups -OCH3 is 2. The third-order valence-electron chi connectivity index (χ3n) is 4.88. The van der Waals surface area contributed by atoms with Crippen LogP contribution in [-0.2, 0) is 20.7 Å². The van der Waals surface area contributed by atoms with E-state index in [0.29, 0.717) is 25.7 Å². The van der Waals surface area contributed by atoms with Crippen LogP contribution < -0.4 is 4.74 Å². The second-order valence-corrected chi connectivity index (χ2v) is 7.13. The van der Waals surface area contributed by atoms with E-state index in [1.54, 1.807) is 7.11 Å². The Morgan fingerprint density at radius 2 is 2.13 bits per heavy atom. The third kappa shape index (κ3) is 3.77. The van der Waals surface area contributed by atoms with Gasteiger partial charge in [-0.2, -0.15) is 0 Å². The SMILES string of the molecule is COC(=O)[C@]1(C)CCCC(=O)[C@H]1CCc1cc(OC)ccc1Br. The van der Waals surface area contributed by atoms with Crippen LogP contribution in [0.3, 0.4) is 0 Å². The molecule has 5 heteroatoms. The van der Waals surface area contributed by atoms with Crippen molar-refractivity contribution in [1.29, 1.82) is 0 Å². The molecule has 0 unspecified atom stereocenters. The molecule has 1 fully saturated rings. The van der Waals surface area contributed by atoms with E-state index in [1.807, 2.05) is 25.1 Å². The van der Waals surface area contributed by atoms with E-state index in [2.05, 4.69) is 15.9 Å². The van der Waals surface area contributed by atoms with Crippen LogP contribution in [0.4, 0.5) is 0 Å². The van der Waals surface area contributed by atoms with Crippen molar-refractivity contribution >= 4 is 27.7 Å². The van der Waals surface area contributed by atoms with Gasteiger partial charge in [-0.1, -0.05) is 15.9 Å². The smallest absolute Gasteiger partial charge is 0.312 e. The fraction of sp³-hybridized carbons (Fsp3) is 0.556. The summed E-state index contributed by atoms with van der Waals surface area (Å²) < 4.78 is 11.2. The molecule has 0 aliphatic heterocycles. The number of carbonyl (C=O) groups excluding carboxylic acids is 2. The Hall–Kier alpha value is -1.36. The first kappa shape index (κ1) is 18.0. The zero-order valence-electron chi connectivity index (χ0n) is 13.9. The molecule has 0 aromatic heterocycles. The van der Waals surface area contributed by atoms with E-state index < -0.39 is 5.41 Å². The summed E-state index contributed by atoms with van der Waals surface area (Å²) in [7, 11) is 3.02. The minimum Gasteiger partial charge on any atom is -0.497 e. The molecule has 0 N–H and O–H groups in total. The van der Waals surface area contributed by atoms with Crippen LogP contribution in [0, 0.1) is 11.3 Å². The molecule has 23 heavy (non-hydrogen) atoms. The molecule has 1 aromatic rings. The van der Waals surface area contributed by atoms with Gasteiger partial charge in [0, 0.05) is 16.8 Å². The lowest BCUT2D eigenvalue weighted by Gasteiger charge is -2.38. The number of aryl methyl sites for hydroxylation is 1. The van der Waals surface area contributed by atoms with Gasteiger partial charge in [0.1, 0.15) is 11.5 Å². The normalized spacial score (nSPS) is 24.3. The maximum Gasteiger partial charge on any atom is 0.312 e. The maximum atomic E-state index is 12.4. The fourth-order valence-electron chi connectivity index (χ4n) is 3.46.